The molecule has 0 amide bonds. The Hall–Kier alpha value is -2.83. The van der Waals surface area contributed by atoms with Crippen LogP contribution in [0.4, 0.5) is 0 Å². The molecule has 28 heavy (non-hydrogen) atoms. The third kappa shape index (κ3) is 7.42. The second kappa shape index (κ2) is 10.5. The molecule has 0 unspecified atom stereocenters. The molecule has 150 valence electrons. The topological polar surface area (TPSA) is 126 Å². The minimum absolute atomic E-state index is 0.318. The summed E-state index contributed by atoms with van der Waals surface area (Å²) in [4.78, 5) is 17.9. The molecule has 9 heteroatoms. The number of nitrogens with zero attached hydrogens (tertiary/aromatic N) is 4. The maximum absolute atomic E-state index is 9.60. The van der Waals surface area contributed by atoms with Crippen LogP contribution < -0.4 is 10.6 Å². The second-order valence-electron chi connectivity index (χ2n) is 7.29. The van der Waals surface area contributed by atoms with Crippen molar-refractivity contribution in [3.05, 3.63) is 29.8 Å². The summed E-state index contributed by atoms with van der Waals surface area (Å²) in [5.41, 5.74) is 0.726. The van der Waals surface area contributed by atoms with E-state index in [1.165, 1.54) is 0 Å². The largest absolute Gasteiger partial charge is 0.462 e. The lowest BCUT2D eigenvalue weighted by molar-refractivity contribution is -0.138. The number of hydrogen-bond acceptors (Lipinski definition) is 9. The molecule has 0 radical (unpaired) electrons. The molecule has 1 aliphatic rings. The third-order valence-electron chi connectivity index (χ3n) is 3.88. The maximum Gasteiger partial charge on any atom is 0.293 e. The van der Waals surface area contributed by atoms with Crippen molar-refractivity contribution in [2.75, 3.05) is 13.1 Å². The molecule has 2 aromatic rings. The highest BCUT2D eigenvalue weighted by molar-refractivity contribution is 5.53. The Bertz CT molecular complexity index is 787. The number of piperidine rings is 1. The van der Waals surface area contributed by atoms with E-state index in [1.54, 1.807) is 18.3 Å². The smallest absolute Gasteiger partial charge is 0.293 e. The molecular formula is C19H26N6O3. The Morgan fingerprint density at radius 2 is 2.18 bits per heavy atom. The first-order chi connectivity index (χ1) is 13.4. The number of ether oxygens (including phenoxy) is 1. The number of carbonyl (C=O) groups is 1. The Balaban J connectivity index is 0.000000345. The lowest BCUT2D eigenvalue weighted by atomic mass is 10.1. The summed E-state index contributed by atoms with van der Waals surface area (Å²) in [5, 5.41) is 19.6. The summed E-state index contributed by atoms with van der Waals surface area (Å²) < 4.78 is 9.79. The molecule has 2 aromatic heterocycles. The Labute approximate surface area is 164 Å². The minimum Gasteiger partial charge on any atom is -0.462 e. The van der Waals surface area contributed by atoms with Crippen molar-refractivity contribution >= 4 is 6.47 Å². The fourth-order valence-corrected chi connectivity index (χ4v) is 2.47. The molecule has 1 fully saturated rings. The van der Waals surface area contributed by atoms with Gasteiger partial charge in [-0.25, -0.2) is 4.98 Å². The van der Waals surface area contributed by atoms with Gasteiger partial charge in [0.15, 0.2) is 5.82 Å². The molecular weight excluding hydrogens is 360 g/mol. The van der Waals surface area contributed by atoms with Crippen LogP contribution in [0.15, 0.2) is 22.9 Å². The molecule has 0 saturated carbocycles. The fourth-order valence-electron chi connectivity index (χ4n) is 2.47. The van der Waals surface area contributed by atoms with Crippen LogP contribution >= 0.6 is 0 Å². The predicted molar refractivity (Wildman–Crippen MR) is 102 cm³/mol. The van der Waals surface area contributed by atoms with Gasteiger partial charge in [0, 0.05) is 17.8 Å². The van der Waals surface area contributed by atoms with E-state index in [0.29, 0.717) is 42.0 Å². The van der Waals surface area contributed by atoms with Gasteiger partial charge in [-0.05, 0) is 58.8 Å². The third-order valence-corrected chi connectivity index (χ3v) is 3.88. The van der Waals surface area contributed by atoms with Crippen LogP contribution in [0.25, 0.3) is 11.5 Å². The van der Waals surface area contributed by atoms with E-state index in [0.717, 1.165) is 25.9 Å². The minimum atomic E-state index is -0.318. The highest BCUT2D eigenvalue weighted by Crippen LogP contribution is 2.17. The standard InChI is InChI=1S/C14H16N6O.C5H10O2/c15-8-12-7-10(1-6-17-12)14-19-13(20-21-14)9-18-11-2-4-16-5-3-11;1-5(2,3)7-4-6/h1,6-7,11,16,18H,2-5,9H2;4H,1-3H3. The molecule has 1 saturated heterocycles. The van der Waals surface area contributed by atoms with Gasteiger partial charge in [-0.1, -0.05) is 5.16 Å². The van der Waals surface area contributed by atoms with Gasteiger partial charge in [0.2, 0.25) is 0 Å². The van der Waals surface area contributed by atoms with Crippen LogP contribution in [-0.2, 0) is 16.1 Å². The average Bonchev–Trinajstić information content (AvgIpc) is 3.16. The van der Waals surface area contributed by atoms with Gasteiger partial charge in [-0.15, -0.1) is 0 Å². The summed E-state index contributed by atoms with van der Waals surface area (Å²) in [7, 11) is 0. The maximum atomic E-state index is 9.60. The summed E-state index contributed by atoms with van der Waals surface area (Å²) in [6.45, 7) is 8.60. The number of hydrogen-bond donors (Lipinski definition) is 2. The van der Waals surface area contributed by atoms with Crippen LogP contribution in [0.3, 0.4) is 0 Å². The van der Waals surface area contributed by atoms with Gasteiger partial charge < -0.3 is 19.9 Å². The van der Waals surface area contributed by atoms with Crippen LogP contribution in [0.5, 0.6) is 0 Å². The lowest BCUT2D eigenvalue weighted by Crippen LogP contribution is -2.39. The van der Waals surface area contributed by atoms with Gasteiger partial charge in [-0.3, -0.25) is 4.79 Å². The zero-order chi connectivity index (χ0) is 20.4. The number of nitriles is 1. The quantitative estimate of drug-likeness (QED) is 0.740. The second-order valence-corrected chi connectivity index (χ2v) is 7.29. The number of nitrogens with one attached hydrogen (secondary N) is 2. The molecule has 0 atom stereocenters. The van der Waals surface area contributed by atoms with Crippen molar-refractivity contribution < 1.29 is 14.1 Å². The molecule has 9 nitrogen and oxygen atoms in total. The molecule has 0 aliphatic carbocycles. The van der Waals surface area contributed by atoms with Crippen LogP contribution in [0, 0.1) is 11.3 Å². The summed E-state index contributed by atoms with van der Waals surface area (Å²) in [6, 6.07) is 5.88. The summed E-state index contributed by atoms with van der Waals surface area (Å²) >= 11 is 0. The van der Waals surface area contributed by atoms with Crippen molar-refractivity contribution in [1.29, 1.82) is 5.26 Å². The first-order valence-electron chi connectivity index (χ1n) is 9.16. The van der Waals surface area contributed by atoms with Gasteiger partial charge in [-0.2, -0.15) is 10.2 Å². The fraction of sp³-hybridized carbons (Fsp3) is 0.526. The Kier molecular flexibility index (Phi) is 8.04. The molecule has 1 aliphatic heterocycles. The molecule has 3 heterocycles. The highest BCUT2D eigenvalue weighted by atomic mass is 16.5. The van der Waals surface area contributed by atoms with E-state index in [-0.39, 0.29) is 5.60 Å². The van der Waals surface area contributed by atoms with Crippen LogP contribution in [-0.4, -0.2) is 46.3 Å². The monoisotopic (exact) mass is 386 g/mol. The van der Waals surface area contributed by atoms with E-state index in [4.69, 9.17) is 9.78 Å². The van der Waals surface area contributed by atoms with Gasteiger partial charge in [0.25, 0.3) is 12.4 Å². The average molecular weight is 386 g/mol. The van der Waals surface area contributed by atoms with Crippen LogP contribution in [0.2, 0.25) is 0 Å². The lowest BCUT2D eigenvalue weighted by Gasteiger charge is -2.22. The predicted octanol–water partition coefficient (Wildman–Crippen LogP) is 1.80. The van der Waals surface area contributed by atoms with Crippen molar-refractivity contribution in [2.45, 2.75) is 51.8 Å². The molecule has 0 spiro atoms. The highest BCUT2D eigenvalue weighted by Gasteiger charge is 2.14. The van der Waals surface area contributed by atoms with Gasteiger partial charge in [0.1, 0.15) is 17.4 Å². The van der Waals surface area contributed by atoms with Crippen molar-refractivity contribution in [3.8, 4) is 17.5 Å². The summed E-state index contributed by atoms with van der Waals surface area (Å²) in [5.74, 6) is 1.04. The molecule has 2 N–H and O–H groups in total. The first-order valence-corrected chi connectivity index (χ1v) is 9.16. The van der Waals surface area contributed by atoms with Crippen molar-refractivity contribution in [2.24, 2.45) is 0 Å². The Morgan fingerprint density at radius 1 is 1.43 bits per heavy atom. The zero-order valence-corrected chi connectivity index (χ0v) is 16.4. The normalized spacial score (nSPS) is 14.5. The van der Waals surface area contributed by atoms with E-state index >= 15 is 0 Å². The molecule has 0 bridgehead atoms. The Morgan fingerprint density at radius 3 is 2.79 bits per heavy atom. The van der Waals surface area contributed by atoms with E-state index in [9.17, 15) is 4.79 Å². The van der Waals surface area contributed by atoms with Crippen molar-refractivity contribution in [3.63, 3.8) is 0 Å². The number of pyridine rings is 1. The van der Waals surface area contributed by atoms with Gasteiger partial charge >= 0.3 is 0 Å². The zero-order valence-electron chi connectivity index (χ0n) is 16.4. The van der Waals surface area contributed by atoms with Crippen molar-refractivity contribution in [1.82, 2.24) is 25.8 Å². The number of rotatable bonds is 5. The summed E-state index contributed by atoms with van der Waals surface area (Å²) in [6.07, 6.45) is 3.78. The van der Waals surface area contributed by atoms with Crippen LogP contribution in [0.1, 0.15) is 45.1 Å². The van der Waals surface area contributed by atoms with E-state index in [1.807, 2.05) is 26.8 Å². The van der Waals surface area contributed by atoms with Gasteiger partial charge in [0.05, 0.1) is 6.54 Å². The number of carbonyl (C=O) groups excluding carboxylic acids is 1. The number of aromatic nitrogens is 3. The molecule has 3 rings (SSSR count). The van der Waals surface area contributed by atoms with E-state index in [2.05, 4.69) is 30.5 Å². The first kappa shape index (κ1) is 21.5. The molecule has 0 aromatic carbocycles. The SMILES string of the molecule is CC(C)(C)OC=O.N#Cc1cc(-c2nc(CNC3CCNCC3)no2)ccn1. The van der Waals surface area contributed by atoms with E-state index < -0.39 is 0 Å².